The minimum atomic E-state index is -0.407. The van der Waals surface area contributed by atoms with E-state index >= 15 is 0 Å². The van der Waals surface area contributed by atoms with Gasteiger partial charge in [0.05, 0.1) is 26.7 Å². The molecule has 1 aliphatic heterocycles. The third kappa shape index (κ3) is 4.47. The first-order chi connectivity index (χ1) is 13.5. The molecule has 0 aliphatic carbocycles. The highest BCUT2D eigenvalue weighted by Crippen LogP contribution is 2.30. The van der Waals surface area contributed by atoms with Gasteiger partial charge in [-0.05, 0) is 48.9 Å². The minimum absolute atomic E-state index is 0.0128. The van der Waals surface area contributed by atoms with Crippen molar-refractivity contribution in [3.05, 3.63) is 46.2 Å². The van der Waals surface area contributed by atoms with Crippen LogP contribution in [0, 0.1) is 0 Å². The van der Waals surface area contributed by atoms with Crippen molar-refractivity contribution in [3.63, 3.8) is 0 Å². The van der Waals surface area contributed by atoms with Crippen LogP contribution in [0.1, 0.15) is 36.2 Å². The second-order valence-corrected chi connectivity index (χ2v) is 7.88. The van der Waals surface area contributed by atoms with E-state index in [1.165, 1.54) is 0 Å². The molecule has 28 heavy (non-hydrogen) atoms. The summed E-state index contributed by atoms with van der Waals surface area (Å²) in [5.41, 5.74) is 0.917. The summed E-state index contributed by atoms with van der Waals surface area (Å²) in [6.07, 6.45) is 1.90. The van der Waals surface area contributed by atoms with Crippen LogP contribution < -0.4 is 14.8 Å². The van der Waals surface area contributed by atoms with Crippen molar-refractivity contribution in [2.45, 2.75) is 38.3 Å². The first-order valence-corrected chi connectivity index (χ1v) is 10.3. The van der Waals surface area contributed by atoms with E-state index in [4.69, 9.17) is 9.47 Å². The predicted octanol–water partition coefficient (Wildman–Crippen LogP) is 3.18. The second kappa shape index (κ2) is 9.10. The van der Waals surface area contributed by atoms with Gasteiger partial charge in [0.1, 0.15) is 6.04 Å². The van der Waals surface area contributed by atoms with Crippen molar-refractivity contribution >= 4 is 23.2 Å². The van der Waals surface area contributed by atoms with Crippen LogP contribution in [0.15, 0.2) is 35.7 Å². The lowest BCUT2D eigenvalue weighted by Crippen LogP contribution is -2.46. The molecule has 2 aromatic rings. The third-order valence-electron chi connectivity index (χ3n) is 5.05. The highest BCUT2D eigenvalue weighted by Gasteiger charge is 2.34. The van der Waals surface area contributed by atoms with Crippen molar-refractivity contribution in [2.75, 3.05) is 20.8 Å². The molecule has 1 saturated heterocycles. The molecule has 0 saturated carbocycles. The lowest BCUT2D eigenvalue weighted by atomic mass is 10.1. The Morgan fingerprint density at radius 2 is 2.04 bits per heavy atom. The van der Waals surface area contributed by atoms with Gasteiger partial charge in [-0.1, -0.05) is 12.1 Å². The van der Waals surface area contributed by atoms with Crippen LogP contribution in [0.5, 0.6) is 11.5 Å². The molecular weight excluding hydrogens is 376 g/mol. The van der Waals surface area contributed by atoms with Gasteiger partial charge in [0, 0.05) is 11.4 Å². The van der Waals surface area contributed by atoms with E-state index in [-0.39, 0.29) is 17.9 Å². The Balaban J connectivity index is 1.65. The quantitative estimate of drug-likeness (QED) is 0.772. The summed E-state index contributed by atoms with van der Waals surface area (Å²) < 4.78 is 10.6. The SMILES string of the molecule is COc1ccc(C(C)NC(=O)C2CCCN2C(=O)Cc2cccs2)cc1OC. The molecule has 1 aromatic heterocycles. The number of ether oxygens (including phenoxy) is 2. The summed E-state index contributed by atoms with van der Waals surface area (Å²) in [4.78, 5) is 28.3. The topological polar surface area (TPSA) is 67.9 Å². The Morgan fingerprint density at radius 1 is 1.25 bits per heavy atom. The van der Waals surface area contributed by atoms with Crippen LogP contribution in [-0.2, 0) is 16.0 Å². The summed E-state index contributed by atoms with van der Waals surface area (Å²) in [5.74, 6) is 1.17. The Labute approximate surface area is 169 Å². The van der Waals surface area contributed by atoms with Crippen LogP contribution in [-0.4, -0.2) is 43.5 Å². The Bertz CT molecular complexity index is 822. The second-order valence-electron chi connectivity index (χ2n) is 6.85. The van der Waals surface area contributed by atoms with E-state index in [1.807, 2.05) is 42.6 Å². The smallest absolute Gasteiger partial charge is 0.243 e. The summed E-state index contributed by atoms with van der Waals surface area (Å²) >= 11 is 1.56. The van der Waals surface area contributed by atoms with E-state index in [9.17, 15) is 9.59 Å². The zero-order chi connectivity index (χ0) is 20.1. The van der Waals surface area contributed by atoms with Crippen molar-refractivity contribution < 1.29 is 19.1 Å². The van der Waals surface area contributed by atoms with Crippen LogP contribution in [0.4, 0.5) is 0 Å². The molecule has 1 aliphatic rings. The van der Waals surface area contributed by atoms with Crippen molar-refractivity contribution in [1.29, 1.82) is 0 Å². The van der Waals surface area contributed by atoms with Gasteiger partial charge in [-0.15, -0.1) is 11.3 Å². The molecule has 6 nitrogen and oxygen atoms in total. The number of benzene rings is 1. The molecular formula is C21H26N2O4S. The molecule has 2 unspecified atom stereocenters. The number of nitrogens with one attached hydrogen (secondary N) is 1. The Morgan fingerprint density at radius 3 is 2.71 bits per heavy atom. The number of carbonyl (C=O) groups excluding carboxylic acids is 2. The molecule has 3 rings (SSSR count). The highest BCUT2D eigenvalue weighted by atomic mass is 32.1. The minimum Gasteiger partial charge on any atom is -0.493 e. The molecule has 1 N–H and O–H groups in total. The van der Waals surface area contributed by atoms with E-state index in [0.29, 0.717) is 30.9 Å². The van der Waals surface area contributed by atoms with Gasteiger partial charge < -0.3 is 19.7 Å². The van der Waals surface area contributed by atoms with Crippen molar-refractivity contribution in [2.24, 2.45) is 0 Å². The maximum atomic E-state index is 12.9. The number of rotatable bonds is 7. The summed E-state index contributed by atoms with van der Waals surface area (Å²) in [7, 11) is 3.17. The van der Waals surface area contributed by atoms with Crippen LogP contribution in [0.25, 0.3) is 0 Å². The third-order valence-corrected chi connectivity index (χ3v) is 5.92. The number of methoxy groups -OCH3 is 2. The Hall–Kier alpha value is -2.54. The average molecular weight is 403 g/mol. The van der Waals surface area contributed by atoms with Gasteiger partial charge in [-0.2, -0.15) is 0 Å². The zero-order valence-electron chi connectivity index (χ0n) is 16.4. The van der Waals surface area contributed by atoms with E-state index in [0.717, 1.165) is 16.9 Å². The van der Waals surface area contributed by atoms with E-state index in [1.54, 1.807) is 30.5 Å². The number of thiophene rings is 1. The van der Waals surface area contributed by atoms with E-state index in [2.05, 4.69) is 5.32 Å². The summed E-state index contributed by atoms with van der Waals surface area (Å²) in [6.45, 7) is 2.55. The molecule has 2 heterocycles. The monoisotopic (exact) mass is 402 g/mol. The van der Waals surface area contributed by atoms with Gasteiger partial charge in [0.25, 0.3) is 0 Å². The molecule has 0 spiro atoms. The maximum Gasteiger partial charge on any atom is 0.243 e. The molecule has 1 aromatic carbocycles. The predicted molar refractivity (Wildman–Crippen MR) is 109 cm³/mol. The molecule has 0 radical (unpaired) electrons. The maximum absolute atomic E-state index is 12.9. The number of hydrogen-bond acceptors (Lipinski definition) is 5. The standard InChI is InChI=1S/C21H26N2O4S/c1-14(15-8-9-18(26-2)19(12-15)27-3)22-21(25)17-7-4-10-23(17)20(24)13-16-6-5-11-28-16/h5-6,8-9,11-12,14,17H,4,7,10,13H2,1-3H3,(H,22,25). The Kier molecular flexibility index (Phi) is 6.57. The molecule has 0 bridgehead atoms. The largest absolute Gasteiger partial charge is 0.493 e. The van der Waals surface area contributed by atoms with Crippen LogP contribution in [0.2, 0.25) is 0 Å². The number of likely N-dealkylation sites (tertiary alicyclic amines) is 1. The van der Waals surface area contributed by atoms with Gasteiger partial charge >= 0.3 is 0 Å². The van der Waals surface area contributed by atoms with Gasteiger partial charge in [0.2, 0.25) is 11.8 Å². The van der Waals surface area contributed by atoms with E-state index < -0.39 is 6.04 Å². The fraction of sp³-hybridized carbons (Fsp3) is 0.429. The fourth-order valence-corrected chi connectivity index (χ4v) is 4.21. The van der Waals surface area contributed by atoms with Crippen LogP contribution >= 0.6 is 11.3 Å². The van der Waals surface area contributed by atoms with Gasteiger partial charge in [-0.25, -0.2) is 0 Å². The zero-order valence-corrected chi connectivity index (χ0v) is 17.3. The first kappa shape index (κ1) is 20.2. The lowest BCUT2D eigenvalue weighted by molar-refractivity contribution is -0.138. The molecule has 2 amide bonds. The van der Waals surface area contributed by atoms with Crippen molar-refractivity contribution in [1.82, 2.24) is 10.2 Å². The first-order valence-electron chi connectivity index (χ1n) is 9.37. The fourth-order valence-electron chi connectivity index (χ4n) is 3.52. The molecule has 150 valence electrons. The number of carbonyl (C=O) groups is 2. The summed E-state index contributed by atoms with van der Waals surface area (Å²) in [5, 5.41) is 5.00. The molecule has 7 heteroatoms. The highest BCUT2D eigenvalue weighted by molar-refractivity contribution is 7.10. The van der Waals surface area contributed by atoms with Gasteiger partial charge in [-0.3, -0.25) is 9.59 Å². The lowest BCUT2D eigenvalue weighted by Gasteiger charge is -2.26. The molecule has 1 fully saturated rings. The normalized spacial score (nSPS) is 17.2. The number of nitrogens with zero attached hydrogens (tertiary/aromatic N) is 1. The average Bonchev–Trinajstić information content (AvgIpc) is 3.39. The summed E-state index contributed by atoms with van der Waals surface area (Å²) in [6, 6.07) is 8.86. The van der Waals surface area contributed by atoms with Crippen molar-refractivity contribution in [3.8, 4) is 11.5 Å². The van der Waals surface area contributed by atoms with Crippen LogP contribution in [0.3, 0.4) is 0 Å². The molecule has 2 atom stereocenters. The number of amides is 2. The number of hydrogen-bond donors (Lipinski definition) is 1. The van der Waals surface area contributed by atoms with Gasteiger partial charge in [0.15, 0.2) is 11.5 Å².